The molecule has 5 rings (SSSR count). The fourth-order valence-electron chi connectivity index (χ4n) is 4.49. The summed E-state index contributed by atoms with van der Waals surface area (Å²) in [4.78, 5) is 31.6. The number of carbonyl (C=O) groups is 1. The largest absolute Gasteiger partial charge is 0.433 e. The first kappa shape index (κ1) is 22.5. The minimum absolute atomic E-state index is 0.0824. The zero-order valence-corrected chi connectivity index (χ0v) is 18.6. The molecule has 2 aromatic heterocycles. The summed E-state index contributed by atoms with van der Waals surface area (Å²) < 4.78 is 39.0. The maximum absolute atomic E-state index is 13.8. The van der Waals surface area contributed by atoms with E-state index in [0.717, 1.165) is 31.5 Å². The number of fused-ring (bicyclic) bond motifs is 1. The zero-order chi connectivity index (χ0) is 23.9. The van der Waals surface area contributed by atoms with E-state index in [1.807, 2.05) is 4.90 Å². The minimum Gasteiger partial charge on any atom is -0.352 e. The topological polar surface area (TPSA) is 83.9 Å². The van der Waals surface area contributed by atoms with Crippen LogP contribution in [-0.2, 0) is 6.18 Å². The molecule has 1 saturated heterocycles. The third-order valence-electron chi connectivity index (χ3n) is 6.20. The lowest BCUT2D eigenvalue weighted by Gasteiger charge is -2.36. The van der Waals surface area contributed by atoms with E-state index in [4.69, 9.17) is 11.6 Å². The van der Waals surface area contributed by atoms with Crippen molar-refractivity contribution in [3.05, 3.63) is 65.2 Å². The SMILES string of the molecule is O=C(c1cc(Cl)ccc1-c1ncccn1)N1[C@H](CNc2nccc(C(F)(F)F)n2)CC[C@@H]2C[C@@H]21. The number of nitrogens with zero attached hydrogens (tertiary/aromatic N) is 5. The van der Waals surface area contributed by atoms with Gasteiger partial charge in [-0.25, -0.2) is 19.9 Å². The van der Waals surface area contributed by atoms with Crippen LogP contribution in [-0.4, -0.2) is 49.4 Å². The normalized spacial score (nSPS) is 21.6. The standard InChI is InChI=1S/C23H20ClF3N6O/c24-14-3-5-16(20-28-7-1-8-29-20)17(11-14)21(34)33-15(4-2-13-10-18(13)33)12-31-22-30-9-6-19(32-22)23(25,26)27/h1,3,5-9,11,13,15,18H,2,4,10,12H2,(H,30,31,32)/t13-,15+,18+/m1/s1. The van der Waals surface area contributed by atoms with E-state index < -0.39 is 11.9 Å². The molecule has 34 heavy (non-hydrogen) atoms. The smallest absolute Gasteiger partial charge is 0.352 e. The molecular weight excluding hydrogens is 469 g/mol. The number of nitrogens with one attached hydrogen (secondary N) is 1. The fraction of sp³-hybridized carbons (Fsp3) is 0.348. The van der Waals surface area contributed by atoms with Gasteiger partial charge in [0.2, 0.25) is 5.95 Å². The molecule has 3 aromatic rings. The van der Waals surface area contributed by atoms with Crippen molar-refractivity contribution in [2.75, 3.05) is 11.9 Å². The number of hydrogen-bond donors (Lipinski definition) is 1. The van der Waals surface area contributed by atoms with Crippen molar-refractivity contribution in [1.82, 2.24) is 24.8 Å². The first-order chi connectivity index (χ1) is 16.3. The lowest BCUT2D eigenvalue weighted by molar-refractivity contribution is -0.141. The van der Waals surface area contributed by atoms with Gasteiger partial charge in [-0.2, -0.15) is 13.2 Å². The summed E-state index contributed by atoms with van der Waals surface area (Å²) in [6.07, 6.45) is 2.29. The van der Waals surface area contributed by atoms with Crippen LogP contribution in [0, 0.1) is 5.92 Å². The number of benzene rings is 1. The molecule has 0 unspecified atom stereocenters. The van der Waals surface area contributed by atoms with Gasteiger partial charge in [-0.05, 0) is 55.5 Å². The van der Waals surface area contributed by atoms with Crippen molar-refractivity contribution in [2.24, 2.45) is 5.92 Å². The van der Waals surface area contributed by atoms with Crippen LogP contribution in [0.1, 0.15) is 35.3 Å². The van der Waals surface area contributed by atoms with Gasteiger partial charge in [-0.3, -0.25) is 4.79 Å². The van der Waals surface area contributed by atoms with E-state index in [9.17, 15) is 18.0 Å². The van der Waals surface area contributed by atoms with E-state index >= 15 is 0 Å². The highest BCUT2D eigenvalue weighted by atomic mass is 35.5. The average molecular weight is 489 g/mol. The number of alkyl halides is 3. The molecule has 3 atom stereocenters. The van der Waals surface area contributed by atoms with Crippen LogP contribution in [0.3, 0.4) is 0 Å². The Kier molecular flexibility index (Phi) is 5.85. The number of aromatic nitrogens is 4. The highest BCUT2D eigenvalue weighted by Crippen LogP contribution is 2.46. The van der Waals surface area contributed by atoms with Crippen LogP contribution in [0.5, 0.6) is 0 Å². The van der Waals surface area contributed by atoms with Gasteiger partial charge in [-0.15, -0.1) is 0 Å². The van der Waals surface area contributed by atoms with E-state index in [-0.39, 0.29) is 30.5 Å². The molecule has 0 spiro atoms. The third kappa shape index (κ3) is 4.54. The minimum atomic E-state index is -4.56. The molecule has 2 aliphatic rings. The van der Waals surface area contributed by atoms with Crippen LogP contribution in [0.25, 0.3) is 11.4 Å². The molecule has 1 aromatic carbocycles. The number of halogens is 4. The van der Waals surface area contributed by atoms with Crippen LogP contribution < -0.4 is 5.32 Å². The molecule has 1 saturated carbocycles. The molecular formula is C23H20ClF3N6O. The Hall–Kier alpha value is -3.27. The second kappa shape index (κ2) is 8.83. The quantitative estimate of drug-likeness (QED) is 0.560. The Bertz CT molecular complexity index is 1210. The molecule has 0 radical (unpaired) electrons. The molecule has 1 aliphatic heterocycles. The Morgan fingerprint density at radius 1 is 1.12 bits per heavy atom. The summed E-state index contributed by atoms with van der Waals surface area (Å²) in [5.74, 6) is 0.523. The number of piperidine rings is 1. The first-order valence-electron chi connectivity index (χ1n) is 10.8. The van der Waals surface area contributed by atoms with Crippen molar-refractivity contribution < 1.29 is 18.0 Å². The third-order valence-corrected chi connectivity index (χ3v) is 6.44. The van der Waals surface area contributed by atoms with Gasteiger partial charge in [0, 0.05) is 47.8 Å². The van der Waals surface area contributed by atoms with Crippen LogP contribution in [0.2, 0.25) is 5.02 Å². The monoisotopic (exact) mass is 488 g/mol. The molecule has 1 aliphatic carbocycles. The van der Waals surface area contributed by atoms with Crippen molar-refractivity contribution >= 4 is 23.5 Å². The van der Waals surface area contributed by atoms with Crippen LogP contribution in [0.15, 0.2) is 48.9 Å². The summed E-state index contributed by atoms with van der Waals surface area (Å²) in [6, 6.07) is 7.38. The zero-order valence-electron chi connectivity index (χ0n) is 17.8. The highest BCUT2D eigenvalue weighted by molar-refractivity contribution is 6.31. The lowest BCUT2D eigenvalue weighted by Crippen LogP contribution is -2.48. The van der Waals surface area contributed by atoms with E-state index in [2.05, 4.69) is 25.3 Å². The second-order valence-corrected chi connectivity index (χ2v) is 8.85. The molecule has 0 bridgehead atoms. The lowest BCUT2D eigenvalue weighted by atomic mass is 9.98. The number of carbonyl (C=O) groups excluding carboxylic acids is 1. The van der Waals surface area contributed by atoms with E-state index in [0.29, 0.717) is 27.9 Å². The molecule has 7 nitrogen and oxygen atoms in total. The Morgan fingerprint density at radius 3 is 2.68 bits per heavy atom. The Balaban J connectivity index is 1.41. The van der Waals surface area contributed by atoms with Gasteiger partial charge in [0.15, 0.2) is 5.82 Å². The summed E-state index contributed by atoms with van der Waals surface area (Å²) in [6.45, 7) is 0.230. The van der Waals surface area contributed by atoms with Gasteiger partial charge in [0.05, 0.1) is 5.56 Å². The van der Waals surface area contributed by atoms with Gasteiger partial charge in [0.25, 0.3) is 5.91 Å². The summed E-state index contributed by atoms with van der Waals surface area (Å²) in [7, 11) is 0. The van der Waals surface area contributed by atoms with Gasteiger partial charge < -0.3 is 10.2 Å². The first-order valence-corrected chi connectivity index (χ1v) is 11.2. The van der Waals surface area contributed by atoms with E-state index in [1.165, 1.54) is 0 Å². The summed E-state index contributed by atoms with van der Waals surface area (Å²) in [5.41, 5.74) is -0.0486. The van der Waals surface area contributed by atoms with E-state index in [1.54, 1.807) is 36.7 Å². The second-order valence-electron chi connectivity index (χ2n) is 8.41. The number of anilines is 1. The number of amides is 1. The molecule has 1 amide bonds. The highest BCUT2D eigenvalue weighted by Gasteiger charge is 2.50. The molecule has 3 heterocycles. The number of likely N-dealkylation sites (tertiary alicyclic amines) is 1. The molecule has 2 fully saturated rings. The summed E-state index contributed by atoms with van der Waals surface area (Å²) in [5, 5.41) is 3.31. The Labute approximate surface area is 198 Å². The molecule has 1 N–H and O–H groups in total. The van der Waals surface area contributed by atoms with Gasteiger partial charge in [-0.1, -0.05) is 11.6 Å². The van der Waals surface area contributed by atoms with Crippen molar-refractivity contribution in [3.8, 4) is 11.4 Å². The Morgan fingerprint density at radius 2 is 1.91 bits per heavy atom. The average Bonchev–Trinajstić information content (AvgIpc) is 3.62. The van der Waals surface area contributed by atoms with Crippen molar-refractivity contribution in [1.29, 1.82) is 0 Å². The molecule has 11 heteroatoms. The number of hydrogen-bond acceptors (Lipinski definition) is 6. The maximum Gasteiger partial charge on any atom is 0.433 e. The summed E-state index contributed by atoms with van der Waals surface area (Å²) >= 11 is 6.23. The van der Waals surface area contributed by atoms with Crippen molar-refractivity contribution in [3.63, 3.8) is 0 Å². The fourth-order valence-corrected chi connectivity index (χ4v) is 4.66. The number of rotatable bonds is 5. The van der Waals surface area contributed by atoms with Crippen molar-refractivity contribution in [2.45, 2.75) is 37.5 Å². The van der Waals surface area contributed by atoms with Gasteiger partial charge in [0.1, 0.15) is 5.69 Å². The predicted octanol–water partition coefficient (Wildman–Crippen LogP) is 4.71. The van der Waals surface area contributed by atoms with Gasteiger partial charge >= 0.3 is 6.18 Å². The molecule has 176 valence electrons. The van der Waals surface area contributed by atoms with Crippen LogP contribution in [0.4, 0.5) is 19.1 Å². The van der Waals surface area contributed by atoms with Crippen LogP contribution >= 0.6 is 11.6 Å². The predicted molar refractivity (Wildman–Crippen MR) is 119 cm³/mol. The maximum atomic E-state index is 13.8.